The second-order valence-corrected chi connectivity index (χ2v) is 23.4. The molecule has 0 aliphatic heterocycles. The molecule has 6 aromatic carbocycles. The lowest BCUT2D eigenvalue weighted by Crippen LogP contribution is -2.10. The lowest BCUT2D eigenvalue weighted by molar-refractivity contribution is 0.437. The molecule has 2 unspecified atom stereocenters. The van der Waals surface area contributed by atoms with Crippen LogP contribution in [0.3, 0.4) is 0 Å². The van der Waals surface area contributed by atoms with E-state index in [4.69, 9.17) is 0 Å². The fourth-order valence-electron chi connectivity index (χ4n) is 12.2. The number of hydrogen-bond acceptors (Lipinski definition) is 0. The Morgan fingerprint density at radius 3 is 1.00 bits per heavy atom. The van der Waals surface area contributed by atoms with Crippen LogP contribution in [0, 0.1) is 81.1 Å². The van der Waals surface area contributed by atoms with E-state index in [0.717, 1.165) is 23.7 Å². The molecule has 0 amide bonds. The maximum absolute atomic E-state index is 2.55. The molecule has 2 aliphatic carbocycles. The van der Waals surface area contributed by atoms with E-state index in [-0.39, 0.29) is 0 Å². The molecule has 0 radical (unpaired) electrons. The SMILES string of the molecule is CCCCC(CC)Cc1cc(C)c(CC(CC)CCCC)cc1C.Cc1cc(-c2ccccc2)c(C)cc1-c1ccccc1.Cc1cc(C)c(C)cc1C.Cc1cc(C2CCCCC2)c(C)cc1C1CCCCC1. The van der Waals surface area contributed by atoms with Gasteiger partial charge in [0.2, 0.25) is 0 Å². The second-order valence-electron chi connectivity index (χ2n) is 23.4. The Hall–Kier alpha value is -4.68. The van der Waals surface area contributed by atoms with Gasteiger partial charge in [-0.2, -0.15) is 0 Å². The normalized spacial score (nSPS) is 14.7. The molecule has 2 atom stereocenters. The molecule has 0 saturated heterocycles. The molecule has 2 saturated carbocycles. The zero-order chi connectivity index (χ0) is 53.6. The summed E-state index contributed by atoms with van der Waals surface area (Å²) in [6.45, 7) is 31.7. The topological polar surface area (TPSA) is 0 Å². The molecule has 0 bridgehead atoms. The van der Waals surface area contributed by atoms with Gasteiger partial charge in [0.25, 0.3) is 0 Å². The van der Waals surface area contributed by atoms with Crippen LogP contribution < -0.4 is 0 Å². The van der Waals surface area contributed by atoms with Crippen molar-refractivity contribution in [2.24, 2.45) is 11.8 Å². The smallest absolute Gasteiger partial charge is 0.0152 e. The Morgan fingerprint density at radius 1 is 0.351 bits per heavy atom. The van der Waals surface area contributed by atoms with Crippen LogP contribution in [0.15, 0.2) is 109 Å². The Morgan fingerprint density at radius 2 is 0.689 bits per heavy atom. The minimum absolute atomic E-state index is 0.850. The minimum atomic E-state index is 0.850. The molecule has 0 aromatic heterocycles. The molecule has 400 valence electrons. The van der Waals surface area contributed by atoms with Crippen molar-refractivity contribution in [2.75, 3.05) is 0 Å². The first-order chi connectivity index (χ1) is 35.7. The molecule has 0 heterocycles. The number of unbranched alkanes of at least 4 members (excludes halogenated alkanes) is 2. The predicted molar refractivity (Wildman–Crippen MR) is 330 cm³/mol. The molecule has 2 aliphatic rings. The average molecular weight is 994 g/mol. The van der Waals surface area contributed by atoms with Crippen molar-refractivity contribution in [3.8, 4) is 22.3 Å². The number of rotatable bonds is 16. The fourth-order valence-corrected chi connectivity index (χ4v) is 12.2. The van der Waals surface area contributed by atoms with Crippen molar-refractivity contribution >= 4 is 0 Å². The van der Waals surface area contributed by atoms with Crippen molar-refractivity contribution in [1.82, 2.24) is 0 Å². The quantitative estimate of drug-likeness (QED) is 0.0906. The molecule has 6 aromatic rings. The minimum Gasteiger partial charge on any atom is -0.0654 e. The van der Waals surface area contributed by atoms with Crippen LogP contribution in [-0.2, 0) is 12.8 Å². The molecule has 0 N–H and O–H groups in total. The van der Waals surface area contributed by atoms with Crippen molar-refractivity contribution in [2.45, 2.75) is 237 Å². The molecular weight excluding hydrogens is 889 g/mol. The summed E-state index contributed by atoms with van der Waals surface area (Å²) < 4.78 is 0. The van der Waals surface area contributed by atoms with Gasteiger partial charge in [-0.15, -0.1) is 0 Å². The first kappa shape index (κ1) is 60.2. The van der Waals surface area contributed by atoms with Crippen LogP contribution in [0.1, 0.15) is 233 Å². The van der Waals surface area contributed by atoms with E-state index in [0.29, 0.717) is 0 Å². The van der Waals surface area contributed by atoms with E-state index >= 15 is 0 Å². The van der Waals surface area contributed by atoms with Gasteiger partial charge in [0.05, 0.1) is 0 Å². The van der Waals surface area contributed by atoms with Crippen molar-refractivity contribution in [3.05, 3.63) is 187 Å². The highest BCUT2D eigenvalue weighted by Crippen LogP contribution is 2.40. The standard InChI is InChI=1S/C24H42.C20H30.C20H18.C10H14/c1-7-11-13-21(9-3)17-23-15-20(6)24(16-19(23)5)18-22(10-4)14-12-8-2;2*1-15-13-20(18-11-7-4-8-12-18)16(2)14-19(15)17-9-5-3-6-10-17;1-7-5-9(3)10(4)6-8(7)2/h15-16,21-22H,7-14,17-18H2,1-6H3;13-14,17-18H,3-12H2,1-2H3;3-14H,1-2H3;5-6H,1-4H3. The zero-order valence-electron chi connectivity index (χ0n) is 49.8. The highest BCUT2D eigenvalue weighted by Gasteiger charge is 2.22. The van der Waals surface area contributed by atoms with Gasteiger partial charge in [-0.3, -0.25) is 0 Å². The van der Waals surface area contributed by atoms with E-state index < -0.39 is 0 Å². The van der Waals surface area contributed by atoms with Gasteiger partial charge in [0.15, 0.2) is 0 Å². The molecule has 2 fully saturated rings. The Kier molecular flexibility index (Phi) is 25.5. The van der Waals surface area contributed by atoms with E-state index in [2.05, 4.69) is 206 Å². The third-order valence-electron chi connectivity index (χ3n) is 17.5. The predicted octanol–water partition coefficient (Wildman–Crippen LogP) is 22.8. The van der Waals surface area contributed by atoms with E-state index in [9.17, 15) is 0 Å². The second kappa shape index (κ2) is 31.4. The van der Waals surface area contributed by atoms with Crippen molar-refractivity contribution < 1.29 is 0 Å². The number of hydrogen-bond donors (Lipinski definition) is 0. The van der Waals surface area contributed by atoms with Crippen LogP contribution in [-0.4, -0.2) is 0 Å². The van der Waals surface area contributed by atoms with Crippen LogP contribution in [0.2, 0.25) is 0 Å². The largest absolute Gasteiger partial charge is 0.0654 e. The van der Waals surface area contributed by atoms with Gasteiger partial charge in [0.1, 0.15) is 0 Å². The Bertz CT molecular complexity index is 2360. The molecule has 0 heteroatoms. The maximum Gasteiger partial charge on any atom is -0.0152 e. The monoisotopic (exact) mass is 993 g/mol. The molecule has 0 spiro atoms. The van der Waals surface area contributed by atoms with E-state index in [1.165, 1.54) is 195 Å². The lowest BCUT2D eigenvalue weighted by Gasteiger charge is -2.28. The molecule has 8 rings (SSSR count). The third kappa shape index (κ3) is 18.3. The highest BCUT2D eigenvalue weighted by atomic mass is 14.3. The van der Waals surface area contributed by atoms with Gasteiger partial charge < -0.3 is 0 Å². The first-order valence-corrected chi connectivity index (χ1v) is 30.1. The first-order valence-electron chi connectivity index (χ1n) is 30.1. The summed E-state index contributed by atoms with van der Waals surface area (Å²) in [6, 6.07) is 40.4. The summed E-state index contributed by atoms with van der Waals surface area (Å²) in [5, 5.41) is 0. The number of aryl methyl sites for hydroxylation is 10. The Balaban J connectivity index is 0.000000189. The summed E-state index contributed by atoms with van der Waals surface area (Å²) in [5.41, 5.74) is 26.1. The van der Waals surface area contributed by atoms with Crippen LogP contribution in [0.4, 0.5) is 0 Å². The van der Waals surface area contributed by atoms with Crippen LogP contribution in [0.25, 0.3) is 22.3 Å². The average Bonchev–Trinajstić information content (AvgIpc) is 3.42. The van der Waals surface area contributed by atoms with Crippen molar-refractivity contribution in [3.63, 3.8) is 0 Å². The molecule has 0 nitrogen and oxygen atoms in total. The summed E-state index contributed by atoms with van der Waals surface area (Å²) >= 11 is 0. The molecular formula is C74H104. The van der Waals surface area contributed by atoms with Gasteiger partial charge in [-0.05, 0) is 232 Å². The third-order valence-corrected chi connectivity index (χ3v) is 17.5. The fraction of sp³-hybridized carbons (Fsp3) is 0.514. The summed E-state index contributed by atoms with van der Waals surface area (Å²) in [6.07, 6.45) is 27.7. The lowest BCUT2D eigenvalue weighted by atomic mass is 9.77. The number of benzene rings is 6. The highest BCUT2D eigenvalue weighted by molar-refractivity contribution is 5.76. The van der Waals surface area contributed by atoms with Crippen molar-refractivity contribution in [1.29, 1.82) is 0 Å². The summed E-state index contributed by atoms with van der Waals surface area (Å²) in [7, 11) is 0. The summed E-state index contributed by atoms with van der Waals surface area (Å²) in [5.74, 6) is 3.43. The molecule has 74 heavy (non-hydrogen) atoms. The van der Waals surface area contributed by atoms with Gasteiger partial charge >= 0.3 is 0 Å². The zero-order valence-corrected chi connectivity index (χ0v) is 49.8. The Labute approximate surface area is 456 Å². The van der Waals surface area contributed by atoms with Crippen LogP contribution in [0.5, 0.6) is 0 Å². The van der Waals surface area contributed by atoms with Gasteiger partial charge in [0, 0.05) is 0 Å². The summed E-state index contributed by atoms with van der Waals surface area (Å²) in [4.78, 5) is 0. The maximum atomic E-state index is 2.55. The van der Waals surface area contributed by atoms with E-state index in [1.54, 1.807) is 33.4 Å². The van der Waals surface area contributed by atoms with E-state index in [1.807, 2.05) is 0 Å². The van der Waals surface area contributed by atoms with Crippen LogP contribution >= 0.6 is 0 Å². The van der Waals surface area contributed by atoms with Gasteiger partial charge in [-0.1, -0.05) is 227 Å². The van der Waals surface area contributed by atoms with Gasteiger partial charge in [-0.25, -0.2) is 0 Å².